The number of aromatic nitrogens is 1. The zero-order chi connectivity index (χ0) is 22.8. The standard InChI is InChI=1S/C25H34BrN3O3/c1-27(2)19-11-13-28(14-12-19)22(30)16-29-21-15-18(25(31)32-3)9-10-20(21)23(24(29)26)17-7-5-4-6-8-17/h9-10,15,17,19H,4-8,11-14,16H2,1-3H3. The molecule has 7 heteroatoms. The van der Waals surface area contributed by atoms with Crippen molar-refractivity contribution in [2.75, 3.05) is 34.3 Å². The number of ether oxygens (including phenoxy) is 1. The van der Waals surface area contributed by atoms with Crippen LogP contribution < -0.4 is 0 Å². The molecule has 1 aliphatic carbocycles. The summed E-state index contributed by atoms with van der Waals surface area (Å²) < 4.78 is 7.99. The number of rotatable bonds is 5. The van der Waals surface area contributed by atoms with Crippen LogP contribution in [0, 0.1) is 0 Å². The van der Waals surface area contributed by atoms with E-state index < -0.39 is 0 Å². The number of hydrogen-bond donors (Lipinski definition) is 0. The van der Waals surface area contributed by atoms with Crippen molar-refractivity contribution in [1.29, 1.82) is 0 Å². The molecule has 2 aromatic rings. The second kappa shape index (κ2) is 9.96. The molecule has 2 heterocycles. The van der Waals surface area contributed by atoms with E-state index in [1.807, 2.05) is 23.1 Å². The molecular formula is C25H34BrN3O3. The molecule has 1 amide bonds. The first-order valence-corrected chi connectivity index (χ1v) is 12.5. The van der Waals surface area contributed by atoms with Gasteiger partial charge < -0.3 is 19.1 Å². The van der Waals surface area contributed by atoms with Gasteiger partial charge in [0, 0.05) is 24.5 Å². The van der Waals surface area contributed by atoms with Gasteiger partial charge in [-0.2, -0.15) is 0 Å². The molecule has 32 heavy (non-hydrogen) atoms. The van der Waals surface area contributed by atoms with Gasteiger partial charge in [-0.3, -0.25) is 4.79 Å². The predicted octanol–water partition coefficient (Wildman–Crippen LogP) is 4.79. The molecule has 2 fully saturated rings. The number of carbonyl (C=O) groups is 2. The van der Waals surface area contributed by atoms with E-state index in [2.05, 4.69) is 39.5 Å². The second-order valence-corrected chi connectivity index (χ2v) is 10.2. The van der Waals surface area contributed by atoms with E-state index in [1.165, 1.54) is 44.8 Å². The van der Waals surface area contributed by atoms with Crippen LogP contribution in [0.2, 0.25) is 0 Å². The highest BCUT2D eigenvalue weighted by Crippen LogP contribution is 2.42. The number of nitrogens with zero attached hydrogens (tertiary/aromatic N) is 3. The summed E-state index contributed by atoms with van der Waals surface area (Å²) in [5.41, 5.74) is 2.73. The summed E-state index contributed by atoms with van der Waals surface area (Å²) in [7, 11) is 5.61. The topological polar surface area (TPSA) is 54.8 Å². The number of fused-ring (bicyclic) bond motifs is 1. The molecule has 0 atom stereocenters. The molecule has 174 valence electrons. The summed E-state index contributed by atoms with van der Waals surface area (Å²) in [5.74, 6) is 0.266. The van der Waals surface area contributed by atoms with Crippen molar-refractivity contribution in [3.8, 4) is 0 Å². The molecule has 1 aromatic heterocycles. The molecule has 2 aliphatic rings. The summed E-state index contributed by atoms with van der Waals surface area (Å²) in [6, 6.07) is 6.29. The first-order chi connectivity index (χ1) is 15.4. The Hall–Kier alpha value is -1.86. The van der Waals surface area contributed by atoms with Crippen LogP contribution in [0.4, 0.5) is 0 Å². The number of likely N-dealkylation sites (tertiary alicyclic amines) is 1. The molecule has 4 rings (SSSR count). The van der Waals surface area contributed by atoms with E-state index in [4.69, 9.17) is 4.74 Å². The Morgan fingerprint density at radius 2 is 1.78 bits per heavy atom. The van der Waals surface area contributed by atoms with Gasteiger partial charge in [-0.05, 0) is 79.3 Å². The maximum Gasteiger partial charge on any atom is 0.337 e. The van der Waals surface area contributed by atoms with E-state index in [0.29, 0.717) is 17.5 Å². The monoisotopic (exact) mass is 503 g/mol. The van der Waals surface area contributed by atoms with Gasteiger partial charge in [-0.25, -0.2) is 4.79 Å². The van der Waals surface area contributed by atoms with E-state index in [1.54, 1.807) is 0 Å². The van der Waals surface area contributed by atoms with Crippen LogP contribution in [0.3, 0.4) is 0 Å². The lowest BCUT2D eigenvalue weighted by Crippen LogP contribution is -2.45. The normalized spacial score (nSPS) is 18.5. The number of benzene rings is 1. The molecular weight excluding hydrogens is 470 g/mol. The first kappa shape index (κ1) is 23.3. The number of piperidine rings is 1. The summed E-state index contributed by atoms with van der Waals surface area (Å²) in [5, 5.41) is 1.13. The van der Waals surface area contributed by atoms with Gasteiger partial charge in [0.25, 0.3) is 0 Å². The molecule has 0 unspecified atom stereocenters. The Morgan fingerprint density at radius 1 is 1.09 bits per heavy atom. The van der Waals surface area contributed by atoms with Crippen LogP contribution in [0.1, 0.15) is 66.8 Å². The molecule has 0 N–H and O–H groups in total. The van der Waals surface area contributed by atoms with E-state index in [9.17, 15) is 9.59 Å². The van der Waals surface area contributed by atoms with Crippen molar-refractivity contribution in [2.24, 2.45) is 0 Å². The number of amides is 1. The zero-order valence-corrected chi connectivity index (χ0v) is 21.0. The molecule has 1 saturated heterocycles. The summed E-state index contributed by atoms with van der Waals surface area (Å²) in [4.78, 5) is 29.7. The van der Waals surface area contributed by atoms with Gasteiger partial charge in [0.15, 0.2) is 0 Å². The molecule has 0 spiro atoms. The molecule has 1 aromatic carbocycles. The maximum atomic E-state index is 13.3. The van der Waals surface area contributed by atoms with Gasteiger partial charge >= 0.3 is 5.97 Å². The van der Waals surface area contributed by atoms with Crippen molar-refractivity contribution >= 4 is 38.7 Å². The molecule has 6 nitrogen and oxygen atoms in total. The van der Waals surface area contributed by atoms with Gasteiger partial charge in [-0.1, -0.05) is 25.3 Å². The third-order valence-electron chi connectivity index (χ3n) is 7.31. The molecule has 0 bridgehead atoms. The minimum absolute atomic E-state index is 0.137. The third kappa shape index (κ3) is 4.60. The molecule has 1 saturated carbocycles. The van der Waals surface area contributed by atoms with Gasteiger partial charge in [0.05, 0.1) is 22.8 Å². The fourth-order valence-electron chi connectivity index (χ4n) is 5.39. The lowest BCUT2D eigenvalue weighted by Gasteiger charge is -2.35. The lowest BCUT2D eigenvalue weighted by atomic mass is 9.84. The summed E-state index contributed by atoms with van der Waals surface area (Å²) >= 11 is 3.86. The highest BCUT2D eigenvalue weighted by Gasteiger charge is 2.28. The second-order valence-electron chi connectivity index (χ2n) is 9.42. The van der Waals surface area contributed by atoms with Crippen LogP contribution in [-0.2, 0) is 16.1 Å². The van der Waals surface area contributed by atoms with E-state index >= 15 is 0 Å². The number of esters is 1. The minimum Gasteiger partial charge on any atom is -0.465 e. The SMILES string of the molecule is COC(=O)c1ccc2c(C3CCCCC3)c(Br)n(CC(=O)N3CCC(N(C)C)CC3)c2c1. The first-order valence-electron chi connectivity index (χ1n) is 11.7. The highest BCUT2D eigenvalue weighted by atomic mass is 79.9. The Morgan fingerprint density at radius 3 is 2.41 bits per heavy atom. The van der Waals surface area contributed by atoms with Crippen LogP contribution in [0.5, 0.6) is 0 Å². The quantitative estimate of drug-likeness (QED) is 0.550. The fraction of sp³-hybridized carbons (Fsp3) is 0.600. The van der Waals surface area contributed by atoms with Crippen LogP contribution in [0.25, 0.3) is 10.9 Å². The van der Waals surface area contributed by atoms with Gasteiger partial charge in [0.2, 0.25) is 5.91 Å². The zero-order valence-electron chi connectivity index (χ0n) is 19.4. The summed E-state index contributed by atoms with van der Waals surface area (Å²) in [6.07, 6.45) is 8.12. The van der Waals surface area contributed by atoms with Crippen molar-refractivity contribution in [3.05, 3.63) is 33.9 Å². The van der Waals surface area contributed by atoms with E-state index in [0.717, 1.165) is 41.4 Å². The number of halogens is 1. The smallest absolute Gasteiger partial charge is 0.337 e. The average Bonchev–Trinajstić information content (AvgIpc) is 3.09. The molecule has 0 radical (unpaired) electrons. The maximum absolute atomic E-state index is 13.3. The molecule has 1 aliphatic heterocycles. The number of methoxy groups -OCH3 is 1. The number of carbonyl (C=O) groups excluding carboxylic acids is 2. The minimum atomic E-state index is -0.355. The van der Waals surface area contributed by atoms with Crippen LogP contribution >= 0.6 is 15.9 Å². The third-order valence-corrected chi connectivity index (χ3v) is 8.17. The average molecular weight is 504 g/mol. The van der Waals surface area contributed by atoms with E-state index in [-0.39, 0.29) is 18.4 Å². The fourth-order valence-corrected chi connectivity index (χ4v) is 6.24. The Labute approximate surface area is 199 Å². The van der Waals surface area contributed by atoms with Gasteiger partial charge in [0.1, 0.15) is 6.54 Å². The van der Waals surface area contributed by atoms with Gasteiger partial charge in [-0.15, -0.1) is 0 Å². The lowest BCUT2D eigenvalue weighted by molar-refractivity contribution is -0.133. The van der Waals surface area contributed by atoms with Crippen molar-refractivity contribution in [3.63, 3.8) is 0 Å². The number of hydrogen-bond acceptors (Lipinski definition) is 4. The Bertz CT molecular complexity index is 986. The van der Waals surface area contributed by atoms with Crippen molar-refractivity contribution in [2.45, 2.75) is 63.5 Å². The van der Waals surface area contributed by atoms with Crippen LogP contribution in [0.15, 0.2) is 22.8 Å². The van der Waals surface area contributed by atoms with Crippen molar-refractivity contribution < 1.29 is 14.3 Å². The predicted molar refractivity (Wildman–Crippen MR) is 130 cm³/mol. The van der Waals surface area contributed by atoms with Crippen molar-refractivity contribution in [1.82, 2.24) is 14.4 Å². The highest BCUT2D eigenvalue weighted by molar-refractivity contribution is 9.10. The Kier molecular flexibility index (Phi) is 7.25. The van der Waals surface area contributed by atoms with Crippen LogP contribution in [-0.4, -0.2) is 66.6 Å². The largest absolute Gasteiger partial charge is 0.465 e. The Balaban J connectivity index is 1.66. The summed E-state index contributed by atoms with van der Waals surface area (Å²) in [6.45, 7) is 1.86.